The van der Waals surface area contributed by atoms with E-state index in [-0.39, 0.29) is 28.8 Å². The summed E-state index contributed by atoms with van der Waals surface area (Å²) in [5.41, 5.74) is 0.444. The van der Waals surface area contributed by atoms with Gasteiger partial charge < -0.3 is 24.7 Å². The van der Waals surface area contributed by atoms with E-state index in [0.29, 0.717) is 36.8 Å². The Morgan fingerprint density at radius 3 is 2.58 bits per heavy atom. The molecular weight excluding hydrogens is 456 g/mol. The van der Waals surface area contributed by atoms with Crippen LogP contribution in [0.2, 0.25) is 0 Å². The SMILES string of the molecule is CN1CCN(C(=O)O)C([C@H]2CC[C@@]3(C)[C@H](CC[C@@H]4[C@@H]3CC[C@]3(C)[C@@H](C5=CC(=O)OC5)CC[C@]43O)C2)C1. The quantitative estimate of drug-likeness (QED) is 0.554. The van der Waals surface area contributed by atoms with Gasteiger partial charge in [0.25, 0.3) is 0 Å². The summed E-state index contributed by atoms with van der Waals surface area (Å²) >= 11 is 0. The Morgan fingerprint density at radius 2 is 1.86 bits per heavy atom. The number of esters is 1. The second-order valence-electron chi connectivity index (χ2n) is 13.6. The summed E-state index contributed by atoms with van der Waals surface area (Å²) in [4.78, 5) is 27.8. The van der Waals surface area contributed by atoms with Crippen molar-refractivity contribution in [1.29, 1.82) is 0 Å². The van der Waals surface area contributed by atoms with Crippen molar-refractivity contribution in [3.8, 4) is 0 Å². The number of cyclic esters (lactones) is 1. The number of hydrogen-bond acceptors (Lipinski definition) is 5. The summed E-state index contributed by atoms with van der Waals surface area (Å²) < 4.78 is 5.26. The molecule has 4 aliphatic carbocycles. The number of carbonyl (C=O) groups excluding carboxylic acids is 1. The number of nitrogens with zero attached hydrogens (tertiary/aromatic N) is 2. The molecule has 0 bridgehead atoms. The van der Waals surface area contributed by atoms with Crippen LogP contribution in [0.3, 0.4) is 0 Å². The molecule has 1 unspecified atom stereocenters. The average molecular weight is 501 g/mol. The largest absolute Gasteiger partial charge is 0.465 e. The number of hydrogen-bond donors (Lipinski definition) is 2. The van der Waals surface area contributed by atoms with E-state index in [1.165, 1.54) is 0 Å². The fourth-order valence-corrected chi connectivity index (χ4v) is 10.4. The maximum absolute atomic E-state index is 12.4. The minimum Gasteiger partial charge on any atom is -0.465 e. The Balaban J connectivity index is 1.22. The maximum atomic E-state index is 12.4. The van der Waals surface area contributed by atoms with E-state index in [2.05, 4.69) is 25.8 Å². The van der Waals surface area contributed by atoms with Crippen molar-refractivity contribution in [2.75, 3.05) is 33.3 Å². The van der Waals surface area contributed by atoms with Crippen LogP contribution >= 0.6 is 0 Å². The number of aliphatic hydroxyl groups is 1. The first kappa shape index (κ1) is 24.7. The summed E-state index contributed by atoms with van der Waals surface area (Å²) in [6.45, 7) is 7.45. The van der Waals surface area contributed by atoms with E-state index in [9.17, 15) is 19.8 Å². The number of fused-ring (bicyclic) bond motifs is 5. The molecule has 9 atom stereocenters. The van der Waals surface area contributed by atoms with Gasteiger partial charge in [0.2, 0.25) is 0 Å². The van der Waals surface area contributed by atoms with Crippen molar-refractivity contribution in [1.82, 2.24) is 9.80 Å². The zero-order valence-electron chi connectivity index (χ0n) is 22.2. The number of carboxylic acid groups (broad SMARTS) is 1. The highest BCUT2D eigenvalue weighted by Gasteiger charge is 2.67. The van der Waals surface area contributed by atoms with Crippen LogP contribution < -0.4 is 0 Å². The summed E-state index contributed by atoms with van der Waals surface area (Å²) in [6.07, 6.45) is 10.4. The van der Waals surface area contributed by atoms with Gasteiger partial charge in [0.15, 0.2) is 0 Å². The number of ether oxygens (including phenoxy) is 1. The summed E-state index contributed by atoms with van der Waals surface area (Å²) in [5, 5.41) is 22.3. The Hall–Kier alpha value is -1.60. The topological polar surface area (TPSA) is 90.3 Å². The zero-order chi connectivity index (χ0) is 25.5. The summed E-state index contributed by atoms with van der Waals surface area (Å²) in [6, 6.07) is 0.0996. The molecule has 1 amide bonds. The van der Waals surface area contributed by atoms with E-state index in [4.69, 9.17) is 4.74 Å². The molecule has 7 heteroatoms. The predicted octanol–water partition coefficient (Wildman–Crippen LogP) is 4.15. The Labute approximate surface area is 215 Å². The molecule has 36 heavy (non-hydrogen) atoms. The third-order valence-corrected chi connectivity index (χ3v) is 12.4. The van der Waals surface area contributed by atoms with E-state index in [1.54, 1.807) is 11.0 Å². The van der Waals surface area contributed by atoms with Crippen molar-refractivity contribution in [2.45, 2.75) is 83.3 Å². The fraction of sp³-hybridized carbons (Fsp3) is 0.862. The first-order valence-electron chi connectivity index (χ1n) is 14.3. The summed E-state index contributed by atoms with van der Waals surface area (Å²) in [5.74, 6) is 1.88. The van der Waals surface area contributed by atoms with Gasteiger partial charge in [0, 0.05) is 31.1 Å². The van der Waals surface area contributed by atoms with E-state index < -0.39 is 11.7 Å². The Morgan fingerprint density at radius 1 is 1.06 bits per heavy atom. The monoisotopic (exact) mass is 500 g/mol. The fourth-order valence-electron chi connectivity index (χ4n) is 10.4. The lowest BCUT2D eigenvalue weighted by Gasteiger charge is -2.64. The summed E-state index contributed by atoms with van der Waals surface area (Å²) in [7, 11) is 2.11. The first-order chi connectivity index (χ1) is 17.1. The number of piperazine rings is 1. The molecule has 200 valence electrons. The number of carbonyl (C=O) groups is 2. The van der Waals surface area contributed by atoms with Gasteiger partial charge in [0.1, 0.15) is 6.61 Å². The van der Waals surface area contributed by atoms with Gasteiger partial charge >= 0.3 is 12.1 Å². The minimum absolute atomic E-state index is 0.0996. The standard InChI is InChI=1S/C29H44N2O5/c1-27-9-6-18(24-16-30(3)12-13-31(24)26(33)34)14-20(27)4-5-23-22(27)7-10-28(2)21(8-11-29(23,28)35)19-15-25(32)36-17-19/h15,18,20-24,35H,4-14,16-17H2,1-3H3,(H,33,34)/t18-,20+,21+,22-,23+,24?,27-,28+,29-/m0/s1. The maximum Gasteiger partial charge on any atom is 0.407 e. The average Bonchev–Trinajstić information content (AvgIpc) is 3.38. The molecule has 2 heterocycles. The smallest absolute Gasteiger partial charge is 0.407 e. The third-order valence-electron chi connectivity index (χ3n) is 12.4. The van der Waals surface area contributed by atoms with E-state index in [1.807, 2.05) is 0 Å². The molecule has 4 saturated carbocycles. The molecule has 0 aromatic carbocycles. The van der Waals surface area contributed by atoms with Crippen LogP contribution in [0.15, 0.2) is 11.6 Å². The number of likely N-dealkylation sites (N-methyl/N-ethyl adjacent to an activating group) is 1. The Bertz CT molecular complexity index is 967. The van der Waals surface area contributed by atoms with Crippen LogP contribution in [0, 0.1) is 40.4 Å². The van der Waals surface area contributed by atoms with Crippen molar-refractivity contribution in [2.24, 2.45) is 40.4 Å². The highest BCUT2D eigenvalue weighted by Crippen LogP contribution is 2.70. The predicted molar refractivity (Wildman–Crippen MR) is 135 cm³/mol. The second kappa shape index (κ2) is 8.45. The molecule has 7 nitrogen and oxygen atoms in total. The van der Waals surface area contributed by atoms with Crippen molar-refractivity contribution >= 4 is 12.1 Å². The molecule has 0 spiro atoms. The molecule has 2 N–H and O–H groups in total. The van der Waals surface area contributed by atoms with Crippen molar-refractivity contribution < 1.29 is 24.5 Å². The molecular formula is C29H44N2O5. The van der Waals surface area contributed by atoms with Crippen LogP contribution in [0.5, 0.6) is 0 Å². The molecule has 5 fully saturated rings. The molecule has 6 rings (SSSR count). The van der Waals surface area contributed by atoms with Gasteiger partial charge in [-0.1, -0.05) is 13.8 Å². The van der Waals surface area contributed by atoms with Crippen molar-refractivity contribution in [3.63, 3.8) is 0 Å². The number of rotatable bonds is 2. The minimum atomic E-state index is -0.765. The molecule has 0 aromatic heterocycles. The van der Waals surface area contributed by atoms with Crippen molar-refractivity contribution in [3.05, 3.63) is 11.6 Å². The molecule has 1 saturated heterocycles. The second-order valence-corrected chi connectivity index (χ2v) is 13.6. The third kappa shape index (κ3) is 3.44. The van der Waals surface area contributed by atoms with Crippen LogP contribution in [-0.2, 0) is 9.53 Å². The van der Waals surface area contributed by atoms with Crippen LogP contribution in [-0.4, -0.2) is 77.0 Å². The van der Waals surface area contributed by atoms with Gasteiger partial charge in [-0.2, -0.15) is 0 Å². The molecule has 0 aromatic rings. The lowest BCUT2D eigenvalue weighted by molar-refractivity contribution is -0.207. The number of amides is 1. The lowest BCUT2D eigenvalue weighted by Crippen LogP contribution is -2.63. The van der Waals surface area contributed by atoms with Crippen LogP contribution in [0.25, 0.3) is 0 Å². The normalized spacial score (nSPS) is 49.1. The van der Waals surface area contributed by atoms with Gasteiger partial charge in [-0.15, -0.1) is 0 Å². The lowest BCUT2D eigenvalue weighted by atomic mass is 9.42. The first-order valence-corrected chi connectivity index (χ1v) is 14.3. The molecule has 2 aliphatic heterocycles. The zero-order valence-corrected chi connectivity index (χ0v) is 22.2. The van der Waals surface area contributed by atoms with Gasteiger partial charge in [-0.25, -0.2) is 9.59 Å². The van der Waals surface area contributed by atoms with Gasteiger partial charge in [-0.3, -0.25) is 0 Å². The van der Waals surface area contributed by atoms with Gasteiger partial charge in [-0.05, 0) is 105 Å². The van der Waals surface area contributed by atoms with E-state index in [0.717, 1.165) is 76.5 Å². The highest BCUT2D eigenvalue weighted by molar-refractivity contribution is 5.85. The molecule has 0 radical (unpaired) electrons. The molecule has 6 aliphatic rings. The Kier molecular flexibility index (Phi) is 5.81. The van der Waals surface area contributed by atoms with E-state index >= 15 is 0 Å². The van der Waals surface area contributed by atoms with Crippen LogP contribution in [0.1, 0.15) is 71.6 Å². The van der Waals surface area contributed by atoms with Gasteiger partial charge in [0.05, 0.1) is 11.6 Å². The highest BCUT2D eigenvalue weighted by atomic mass is 16.5. The van der Waals surface area contributed by atoms with Crippen LogP contribution in [0.4, 0.5) is 4.79 Å².